The van der Waals surface area contributed by atoms with Crippen molar-refractivity contribution in [1.82, 2.24) is 20.1 Å². The largest absolute Gasteiger partial charge is 0.462 e. The summed E-state index contributed by atoms with van der Waals surface area (Å²) in [6.45, 7) is 7.97. The Morgan fingerprint density at radius 1 is 1.33 bits per heavy atom. The molecule has 1 aliphatic heterocycles. The van der Waals surface area contributed by atoms with Crippen molar-refractivity contribution in [2.45, 2.75) is 19.9 Å². The second kappa shape index (κ2) is 8.41. The van der Waals surface area contributed by atoms with E-state index in [1.165, 1.54) is 0 Å². The summed E-state index contributed by atoms with van der Waals surface area (Å²) in [6.07, 6.45) is 2.65. The van der Waals surface area contributed by atoms with Gasteiger partial charge in [-0.25, -0.2) is 4.98 Å². The number of aromatic nitrogens is 1. The van der Waals surface area contributed by atoms with Crippen LogP contribution in [0.25, 0.3) is 10.8 Å². The number of hydrogen-bond donors (Lipinski definition) is 1. The van der Waals surface area contributed by atoms with Gasteiger partial charge in [0.2, 0.25) is 5.91 Å². The minimum absolute atomic E-state index is 0.132. The van der Waals surface area contributed by atoms with Crippen molar-refractivity contribution in [3.63, 3.8) is 0 Å². The van der Waals surface area contributed by atoms with E-state index in [1.807, 2.05) is 12.1 Å². The van der Waals surface area contributed by atoms with Gasteiger partial charge in [0.05, 0.1) is 18.5 Å². The van der Waals surface area contributed by atoms with Gasteiger partial charge in [-0.15, -0.1) is 11.3 Å². The average Bonchev–Trinajstić information content (AvgIpc) is 3.26. The molecule has 0 radical (unpaired) electrons. The first-order valence-electron chi connectivity index (χ1n) is 8.44. The number of carbonyl (C=O) groups excluding carboxylic acids is 1. The number of rotatable bonds is 7. The van der Waals surface area contributed by atoms with Gasteiger partial charge in [0, 0.05) is 44.6 Å². The van der Waals surface area contributed by atoms with Crippen LogP contribution in [-0.2, 0) is 11.3 Å². The third-order valence-electron chi connectivity index (χ3n) is 4.07. The first kappa shape index (κ1) is 17.1. The molecular formula is C17H24N4O2S. The number of nitrogens with zero attached hydrogens (tertiary/aromatic N) is 3. The van der Waals surface area contributed by atoms with Crippen molar-refractivity contribution in [2.75, 3.05) is 39.3 Å². The summed E-state index contributed by atoms with van der Waals surface area (Å²) in [7, 11) is 0. The van der Waals surface area contributed by atoms with E-state index in [0.29, 0.717) is 6.54 Å². The van der Waals surface area contributed by atoms with E-state index >= 15 is 0 Å². The topological polar surface area (TPSA) is 61.6 Å². The maximum atomic E-state index is 11.8. The SMILES string of the molecule is CCCNC(=O)CN1CCN(Cc2csc(-c3ccco3)n2)CC1. The second-order valence-corrected chi connectivity index (χ2v) is 6.88. The van der Waals surface area contributed by atoms with Crippen molar-refractivity contribution < 1.29 is 9.21 Å². The van der Waals surface area contributed by atoms with Gasteiger partial charge < -0.3 is 9.73 Å². The summed E-state index contributed by atoms with van der Waals surface area (Å²) in [6, 6.07) is 3.82. The summed E-state index contributed by atoms with van der Waals surface area (Å²) < 4.78 is 5.39. The molecule has 3 rings (SSSR count). The van der Waals surface area contributed by atoms with Crippen molar-refractivity contribution in [3.8, 4) is 10.8 Å². The van der Waals surface area contributed by atoms with Crippen LogP contribution in [0.5, 0.6) is 0 Å². The van der Waals surface area contributed by atoms with Gasteiger partial charge in [-0.1, -0.05) is 6.92 Å². The predicted octanol–water partition coefficient (Wildman–Crippen LogP) is 2.05. The molecule has 2 aromatic heterocycles. The van der Waals surface area contributed by atoms with E-state index < -0.39 is 0 Å². The summed E-state index contributed by atoms with van der Waals surface area (Å²) in [4.78, 5) is 21.0. The van der Waals surface area contributed by atoms with Crippen LogP contribution >= 0.6 is 11.3 Å². The third kappa shape index (κ3) is 4.66. The lowest BCUT2D eigenvalue weighted by Gasteiger charge is -2.33. The Balaban J connectivity index is 1.43. The zero-order valence-corrected chi connectivity index (χ0v) is 14.8. The Morgan fingerprint density at radius 3 is 2.83 bits per heavy atom. The van der Waals surface area contributed by atoms with E-state index in [1.54, 1.807) is 17.6 Å². The molecule has 1 saturated heterocycles. The molecule has 0 saturated carbocycles. The summed E-state index contributed by atoms with van der Waals surface area (Å²) in [5.74, 6) is 0.960. The lowest BCUT2D eigenvalue weighted by molar-refractivity contribution is -0.122. The lowest BCUT2D eigenvalue weighted by Crippen LogP contribution is -2.49. The van der Waals surface area contributed by atoms with Crippen LogP contribution < -0.4 is 5.32 Å². The highest BCUT2D eigenvalue weighted by atomic mass is 32.1. The fourth-order valence-electron chi connectivity index (χ4n) is 2.75. The molecule has 6 nitrogen and oxygen atoms in total. The molecule has 0 spiro atoms. The second-order valence-electron chi connectivity index (χ2n) is 6.02. The smallest absolute Gasteiger partial charge is 0.234 e. The number of nitrogens with one attached hydrogen (secondary N) is 1. The normalized spacial score (nSPS) is 16.4. The van der Waals surface area contributed by atoms with Crippen molar-refractivity contribution >= 4 is 17.2 Å². The molecule has 3 heterocycles. The Labute approximate surface area is 146 Å². The van der Waals surface area contributed by atoms with Gasteiger partial charge >= 0.3 is 0 Å². The average molecular weight is 348 g/mol. The Hall–Kier alpha value is -1.70. The maximum absolute atomic E-state index is 11.8. The van der Waals surface area contributed by atoms with Crippen molar-refractivity contribution in [3.05, 3.63) is 29.5 Å². The fraction of sp³-hybridized carbons (Fsp3) is 0.529. The molecule has 0 aliphatic carbocycles. The van der Waals surface area contributed by atoms with Gasteiger partial charge in [-0.05, 0) is 18.6 Å². The van der Waals surface area contributed by atoms with Crippen LogP contribution in [0.2, 0.25) is 0 Å². The van der Waals surface area contributed by atoms with Crippen LogP contribution in [0.1, 0.15) is 19.0 Å². The quantitative estimate of drug-likeness (QED) is 0.830. The number of furan rings is 1. The predicted molar refractivity (Wildman–Crippen MR) is 94.8 cm³/mol. The van der Waals surface area contributed by atoms with Gasteiger partial charge in [0.25, 0.3) is 0 Å². The van der Waals surface area contributed by atoms with Gasteiger partial charge in [0.1, 0.15) is 0 Å². The third-order valence-corrected chi connectivity index (χ3v) is 4.98. The fourth-order valence-corrected chi connectivity index (χ4v) is 3.53. The highest BCUT2D eigenvalue weighted by Gasteiger charge is 2.19. The number of carbonyl (C=O) groups is 1. The van der Waals surface area contributed by atoms with Crippen LogP contribution in [0, 0.1) is 0 Å². The number of hydrogen-bond acceptors (Lipinski definition) is 6. The standard InChI is InChI=1S/C17H24N4O2S/c1-2-5-18-16(22)12-21-8-6-20(7-9-21)11-14-13-24-17(19-14)15-4-3-10-23-15/h3-4,10,13H,2,5-9,11-12H2,1H3,(H,18,22). The number of piperazine rings is 1. The minimum Gasteiger partial charge on any atom is -0.462 e. The molecule has 7 heteroatoms. The highest BCUT2D eigenvalue weighted by Crippen LogP contribution is 2.24. The lowest BCUT2D eigenvalue weighted by atomic mass is 10.3. The maximum Gasteiger partial charge on any atom is 0.234 e. The van der Waals surface area contributed by atoms with Crippen molar-refractivity contribution in [2.24, 2.45) is 0 Å². The first-order chi connectivity index (χ1) is 11.7. The molecule has 0 aromatic carbocycles. The Kier molecular flexibility index (Phi) is 6.01. The molecule has 1 amide bonds. The van der Waals surface area contributed by atoms with Gasteiger partial charge in [0.15, 0.2) is 10.8 Å². The van der Waals surface area contributed by atoms with E-state index in [-0.39, 0.29) is 5.91 Å². The number of amides is 1. The Bertz CT molecular complexity index is 633. The molecule has 130 valence electrons. The van der Waals surface area contributed by atoms with E-state index in [0.717, 1.165) is 62.2 Å². The van der Waals surface area contributed by atoms with Gasteiger partial charge in [-0.2, -0.15) is 0 Å². The number of thiazole rings is 1. The molecule has 1 N–H and O–H groups in total. The van der Waals surface area contributed by atoms with E-state index in [4.69, 9.17) is 4.42 Å². The summed E-state index contributed by atoms with van der Waals surface area (Å²) in [5.41, 5.74) is 1.08. The monoisotopic (exact) mass is 348 g/mol. The van der Waals surface area contributed by atoms with Crippen LogP contribution in [-0.4, -0.2) is 60.0 Å². The van der Waals surface area contributed by atoms with E-state index in [2.05, 4.69) is 32.4 Å². The first-order valence-corrected chi connectivity index (χ1v) is 9.32. The zero-order valence-electron chi connectivity index (χ0n) is 14.0. The molecule has 0 bridgehead atoms. The molecule has 1 fully saturated rings. The highest BCUT2D eigenvalue weighted by molar-refractivity contribution is 7.13. The molecule has 1 aliphatic rings. The molecule has 0 atom stereocenters. The van der Waals surface area contributed by atoms with Crippen LogP contribution in [0.4, 0.5) is 0 Å². The van der Waals surface area contributed by atoms with Crippen LogP contribution in [0.3, 0.4) is 0 Å². The molecule has 24 heavy (non-hydrogen) atoms. The van der Waals surface area contributed by atoms with Crippen molar-refractivity contribution in [1.29, 1.82) is 0 Å². The summed E-state index contributed by atoms with van der Waals surface area (Å²) >= 11 is 1.62. The minimum atomic E-state index is 0.132. The zero-order chi connectivity index (χ0) is 16.8. The van der Waals surface area contributed by atoms with E-state index in [9.17, 15) is 4.79 Å². The molecular weight excluding hydrogens is 324 g/mol. The summed E-state index contributed by atoms with van der Waals surface area (Å²) in [5, 5.41) is 5.97. The van der Waals surface area contributed by atoms with Crippen LogP contribution in [0.15, 0.2) is 28.2 Å². The van der Waals surface area contributed by atoms with Gasteiger partial charge in [-0.3, -0.25) is 14.6 Å². The molecule has 0 unspecified atom stereocenters. The Morgan fingerprint density at radius 2 is 2.12 bits per heavy atom. The molecule has 2 aromatic rings.